The third-order valence-corrected chi connectivity index (χ3v) is 61.9. The van der Waals surface area contributed by atoms with Crippen molar-refractivity contribution in [2.45, 2.75) is 102 Å². The van der Waals surface area contributed by atoms with E-state index in [-0.39, 0.29) is 0 Å². The summed E-state index contributed by atoms with van der Waals surface area (Å²) in [5.41, 5.74) is -2.59. The van der Waals surface area contributed by atoms with E-state index in [1.165, 1.54) is 11.5 Å². The molecule has 0 saturated heterocycles. The van der Waals surface area contributed by atoms with Gasteiger partial charge in [-0.3, -0.25) is 0 Å². The standard InChI is InChI=1S/C5H5.3C4H9O.C3H6F3Ge.Zr/c1-2-4-5-3-1;3*1-4(2,3)5;1-7(2)3(4,5)6;/h1-3H,4H2;3*1-3H3;1-2H3;/q;3*-1;;+3. The third-order valence-electron chi connectivity index (χ3n) is 4.59. The second-order valence-corrected chi connectivity index (χ2v) is 53.7. The van der Waals surface area contributed by atoms with Gasteiger partial charge in [-0.1, -0.05) is 0 Å². The van der Waals surface area contributed by atoms with Crippen molar-refractivity contribution in [2.24, 2.45) is 0 Å². The summed E-state index contributed by atoms with van der Waals surface area (Å²) >= 11 is -6.11. The van der Waals surface area contributed by atoms with Crippen LogP contribution in [0.25, 0.3) is 0 Å². The van der Waals surface area contributed by atoms with Gasteiger partial charge in [0.2, 0.25) is 0 Å². The van der Waals surface area contributed by atoms with Crippen molar-refractivity contribution in [1.29, 1.82) is 0 Å². The Morgan fingerprint density at radius 1 is 0.786 bits per heavy atom. The normalized spacial score (nSPS) is 18.8. The molecule has 0 fully saturated rings. The first-order valence-corrected chi connectivity index (χ1v) is 26.7. The molecule has 3 nitrogen and oxygen atoms in total. The van der Waals surface area contributed by atoms with E-state index >= 15 is 0 Å². The molecule has 1 aliphatic carbocycles. The molecule has 28 heavy (non-hydrogen) atoms. The van der Waals surface area contributed by atoms with E-state index in [2.05, 4.69) is 0 Å². The maximum absolute atomic E-state index is 14.8. The Labute approximate surface area is 171 Å². The molecule has 0 spiro atoms. The summed E-state index contributed by atoms with van der Waals surface area (Å²) in [5, 5.41) is -4.41. The van der Waals surface area contributed by atoms with Crippen molar-refractivity contribution in [2.75, 3.05) is 0 Å². The van der Waals surface area contributed by atoms with E-state index in [1.54, 1.807) is 74.5 Å². The minimum absolute atomic E-state index is 0.373. The first-order chi connectivity index (χ1) is 12.1. The molecular weight excluding hydrogens is 509 g/mol. The molecule has 0 atom stereocenters. The Balaban J connectivity index is 4.16. The number of alkyl halides is 3. The Kier molecular flexibility index (Phi) is 7.24. The molecule has 0 saturated carbocycles. The fourth-order valence-electron chi connectivity index (χ4n) is 3.72. The van der Waals surface area contributed by atoms with Crippen molar-refractivity contribution < 1.29 is 39.2 Å². The molecule has 0 heterocycles. The fraction of sp³-hybridized carbons (Fsp3) is 0.800. The average molecular weight is 547 g/mol. The zero-order valence-corrected chi connectivity index (χ0v) is 23.9. The van der Waals surface area contributed by atoms with Gasteiger partial charge in [-0.2, -0.15) is 0 Å². The molecular formula is C20H38F3GeO3Zr. The monoisotopic (exact) mass is 547 g/mol. The molecule has 0 amide bonds. The van der Waals surface area contributed by atoms with Crippen LogP contribution in [-0.4, -0.2) is 31.3 Å². The van der Waals surface area contributed by atoms with Crippen LogP contribution in [0.2, 0.25) is 11.5 Å². The average Bonchev–Trinajstić information content (AvgIpc) is 2.84. The molecule has 0 radical (unpaired) electrons. The van der Waals surface area contributed by atoms with Crippen LogP contribution >= 0.6 is 0 Å². The first-order valence-electron chi connectivity index (χ1n) is 9.76. The number of rotatable bonds is 5. The van der Waals surface area contributed by atoms with E-state index in [1.807, 2.05) is 6.08 Å². The molecule has 165 valence electrons. The quantitative estimate of drug-likeness (QED) is 0.347. The van der Waals surface area contributed by atoms with Crippen molar-refractivity contribution in [3.8, 4) is 0 Å². The number of hydrogen-bond donors (Lipinski definition) is 0. The third kappa shape index (κ3) is 5.24. The summed E-state index contributed by atoms with van der Waals surface area (Å²) in [6, 6.07) is 0. The van der Waals surface area contributed by atoms with Crippen LogP contribution < -0.4 is 0 Å². The summed E-state index contributed by atoms with van der Waals surface area (Å²) in [6.07, 6.45) is 5.79. The Morgan fingerprint density at radius 3 is 1.36 bits per heavy atom. The number of hydrogen-bond acceptors (Lipinski definition) is 3. The maximum atomic E-state index is 14.8. The molecule has 0 aromatic carbocycles. The Hall–Kier alpha value is 0.576. The summed E-state index contributed by atoms with van der Waals surface area (Å²) in [6.45, 7) is 16.1. The van der Waals surface area contributed by atoms with Crippen LogP contribution in [0.3, 0.4) is 0 Å². The molecule has 0 unspecified atom stereocenters. The van der Waals surface area contributed by atoms with Crippen LogP contribution in [0.4, 0.5) is 13.2 Å². The van der Waals surface area contributed by atoms with Crippen molar-refractivity contribution in [3.05, 3.63) is 21.5 Å². The van der Waals surface area contributed by atoms with Crippen LogP contribution in [0.1, 0.15) is 68.7 Å². The van der Waals surface area contributed by atoms with Gasteiger partial charge in [0.05, 0.1) is 0 Å². The summed E-state index contributed by atoms with van der Waals surface area (Å²) in [7, 11) is -4.98. The van der Waals surface area contributed by atoms with E-state index in [0.29, 0.717) is 9.70 Å². The van der Waals surface area contributed by atoms with Gasteiger partial charge in [0.15, 0.2) is 0 Å². The number of halogens is 3. The first kappa shape index (κ1) is 26.6. The van der Waals surface area contributed by atoms with Gasteiger partial charge < -0.3 is 0 Å². The van der Waals surface area contributed by atoms with Crippen molar-refractivity contribution >= 4 is 9.48 Å². The summed E-state index contributed by atoms with van der Waals surface area (Å²) in [4.78, 5) is 0. The zero-order valence-electron chi connectivity index (χ0n) is 19.3. The number of allylic oxidation sites excluding steroid dienone is 4. The van der Waals surface area contributed by atoms with E-state index in [0.717, 1.165) is 0 Å². The van der Waals surface area contributed by atoms with Crippen LogP contribution in [-0.2, 0) is 26.0 Å². The van der Waals surface area contributed by atoms with Crippen LogP contribution in [0.15, 0.2) is 21.5 Å². The molecule has 1 aliphatic rings. The van der Waals surface area contributed by atoms with Crippen LogP contribution in [0, 0.1) is 0 Å². The Bertz CT molecular complexity index is 604. The van der Waals surface area contributed by atoms with E-state index in [9.17, 15) is 13.2 Å². The topological polar surface area (TPSA) is 27.7 Å². The predicted octanol–water partition coefficient (Wildman–Crippen LogP) is 7.02. The minimum atomic E-state index is -6.11. The van der Waals surface area contributed by atoms with Gasteiger partial charge in [0.1, 0.15) is 0 Å². The van der Waals surface area contributed by atoms with Crippen molar-refractivity contribution in [3.63, 3.8) is 0 Å². The van der Waals surface area contributed by atoms with E-state index in [4.69, 9.17) is 8.44 Å². The molecule has 0 N–H and O–H groups in total. The predicted molar refractivity (Wildman–Crippen MR) is 108 cm³/mol. The molecule has 8 heteroatoms. The summed E-state index contributed by atoms with van der Waals surface area (Å²) < 4.78 is 65.0. The van der Waals surface area contributed by atoms with Gasteiger partial charge in [-0.25, -0.2) is 0 Å². The second-order valence-electron chi connectivity index (χ2n) is 11.1. The molecule has 1 rings (SSSR count). The van der Waals surface area contributed by atoms with Crippen molar-refractivity contribution in [1.82, 2.24) is 0 Å². The van der Waals surface area contributed by atoms with Gasteiger partial charge in [-0.05, 0) is 0 Å². The van der Waals surface area contributed by atoms with Crippen LogP contribution in [0.5, 0.6) is 0 Å². The second kappa shape index (κ2) is 7.61. The molecule has 0 aliphatic heterocycles. The fourth-order valence-corrected chi connectivity index (χ4v) is 59.6. The van der Waals surface area contributed by atoms with Gasteiger partial charge >= 0.3 is 172 Å². The Morgan fingerprint density at radius 2 is 1.14 bits per heavy atom. The van der Waals surface area contributed by atoms with E-state index < -0.39 is 48.9 Å². The SMILES string of the molecule is CC(C)(C)[O][Zr]([O]C(C)(C)C)([O]C(C)(C)C)([C]1=CC=CC1)[Ge]([CH3])([CH3])[C](F)(F)F. The molecule has 0 aromatic rings. The van der Waals surface area contributed by atoms with Gasteiger partial charge in [-0.15, -0.1) is 0 Å². The molecule has 0 bridgehead atoms. The molecule has 0 aromatic heterocycles. The van der Waals surface area contributed by atoms with Gasteiger partial charge in [0.25, 0.3) is 0 Å². The zero-order chi connectivity index (χ0) is 22.5. The summed E-state index contributed by atoms with van der Waals surface area (Å²) in [5.74, 6) is 2.74. The van der Waals surface area contributed by atoms with Gasteiger partial charge in [0, 0.05) is 0 Å².